The Labute approximate surface area is 174 Å². The van der Waals surface area contributed by atoms with Crippen LogP contribution in [0.4, 0.5) is 4.39 Å². The second-order valence-corrected chi connectivity index (χ2v) is 8.77. The number of hydrogen-bond acceptors (Lipinski definition) is 5. The molecule has 2 heterocycles. The van der Waals surface area contributed by atoms with Crippen LogP contribution in [0.2, 0.25) is 0 Å². The van der Waals surface area contributed by atoms with Crippen LogP contribution in [-0.2, 0) is 12.2 Å². The molecule has 4 aromatic rings. The molecule has 0 amide bonds. The smallest absolute Gasteiger partial charge is 0.271 e. The van der Waals surface area contributed by atoms with Crippen molar-refractivity contribution in [1.29, 1.82) is 0 Å². The van der Waals surface area contributed by atoms with Gasteiger partial charge in [0, 0.05) is 11.4 Å². The van der Waals surface area contributed by atoms with E-state index in [1.54, 1.807) is 6.07 Å². The lowest BCUT2D eigenvalue weighted by Crippen LogP contribution is -2.09. The third kappa shape index (κ3) is 3.80. The number of fused-ring (bicyclic) bond motifs is 1. The van der Waals surface area contributed by atoms with Gasteiger partial charge in [0.05, 0.1) is 0 Å². The van der Waals surface area contributed by atoms with Crippen LogP contribution in [-0.4, -0.2) is 14.5 Å². The van der Waals surface area contributed by atoms with E-state index < -0.39 is 0 Å². The molecule has 4 rings (SSSR count). The Balaban J connectivity index is 1.74. The van der Waals surface area contributed by atoms with E-state index in [0.29, 0.717) is 25.2 Å². The van der Waals surface area contributed by atoms with E-state index in [2.05, 4.69) is 16.9 Å². The normalized spacial score (nSPS) is 11.2. The molecule has 0 radical (unpaired) electrons. The van der Waals surface area contributed by atoms with Crippen LogP contribution >= 0.6 is 35.3 Å². The van der Waals surface area contributed by atoms with Crippen LogP contribution < -0.4 is 5.56 Å². The number of aromatic amines is 1. The maximum absolute atomic E-state index is 13.4. The molecule has 142 valence electrons. The molecule has 4 nitrogen and oxygen atoms in total. The van der Waals surface area contributed by atoms with Crippen LogP contribution in [0, 0.1) is 9.77 Å². The van der Waals surface area contributed by atoms with Crippen LogP contribution in [0.5, 0.6) is 0 Å². The zero-order chi connectivity index (χ0) is 19.7. The summed E-state index contributed by atoms with van der Waals surface area (Å²) < 4.78 is 16.3. The third-order valence-electron chi connectivity index (χ3n) is 4.29. The van der Waals surface area contributed by atoms with E-state index in [0.717, 1.165) is 17.7 Å². The summed E-state index contributed by atoms with van der Waals surface area (Å²) in [7, 11) is 0. The number of halogens is 1. The van der Waals surface area contributed by atoms with Crippen molar-refractivity contribution in [2.75, 3.05) is 0 Å². The average molecular weight is 430 g/mol. The fourth-order valence-corrected chi connectivity index (χ4v) is 4.92. The standard InChI is InChI=1S/C20H16FN3OS3/c1-2-12-6-8-15(9-7-12)24-17-16(28-20(24)26)18(25)23-19(22-17)27-11-13-4-3-5-14(21)10-13/h3-10H,2,11H2,1H3,(H,22,23,25). The van der Waals surface area contributed by atoms with Gasteiger partial charge in [0.2, 0.25) is 0 Å². The van der Waals surface area contributed by atoms with Gasteiger partial charge in [-0.25, -0.2) is 9.37 Å². The number of nitrogens with zero attached hydrogens (tertiary/aromatic N) is 2. The molecule has 0 bridgehead atoms. The largest absolute Gasteiger partial charge is 0.300 e. The minimum atomic E-state index is -0.281. The van der Waals surface area contributed by atoms with Gasteiger partial charge in [0.15, 0.2) is 14.8 Å². The molecule has 2 aromatic heterocycles. The van der Waals surface area contributed by atoms with Gasteiger partial charge in [-0.3, -0.25) is 9.36 Å². The summed E-state index contributed by atoms with van der Waals surface area (Å²) in [4.78, 5) is 20.0. The highest BCUT2D eigenvalue weighted by molar-refractivity contribution is 7.98. The lowest BCUT2D eigenvalue weighted by Gasteiger charge is -2.07. The Hall–Kier alpha value is -2.29. The van der Waals surface area contributed by atoms with Crippen molar-refractivity contribution in [3.63, 3.8) is 0 Å². The first-order valence-electron chi connectivity index (χ1n) is 8.67. The lowest BCUT2D eigenvalue weighted by atomic mass is 10.1. The van der Waals surface area contributed by atoms with E-state index >= 15 is 0 Å². The number of nitrogens with one attached hydrogen (secondary N) is 1. The highest BCUT2D eigenvalue weighted by Gasteiger charge is 2.14. The second-order valence-electron chi connectivity index (χ2n) is 6.17. The highest BCUT2D eigenvalue weighted by Crippen LogP contribution is 2.26. The maximum atomic E-state index is 13.4. The number of aromatic nitrogens is 3. The minimum Gasteiger partial charge on any atom is -0.300 e. The molecule has 0 saturated heterocycles. The SMILES string of the molecule is CCc1ccc(-n2c(=S)sc3c(=O)[nH]c(SCc4cccc(F)c4)nc32)cc1. The molecular weight excluding hydrogens is 413 g/mol. The Kier molecular flexibility index (Phi) is 5.43. The minimum absolute atomic E-state index is 0.216. The number of thiazole rings is 1. The van der Waals surface area contributed by atoms with E-state index in [9.17, 15) is 9.18 Å². The number of thioether (sulfide) groups is 1. The first-order chi connectivity index (χ1) is 13.5. The van der Waals surface area contributed by atoms with E-state index in [1.165, 1.54) is 40.8 Å². The van der Waals surface area contributed by atoms with Gasteiger partial charge in [0.1, 0.15) is 10.5 Å². The first kappa shape index (κ1) is 19.0. The molecule has 0 aliphatic heterocycles. The fourth-order valence-electron chi connectivity index (χ4n) is 2.85. The first-order valence-corrected chi connectivity index (χ1v) is 10.9. The third-order valence-corrected chi connectivity index (χ3v) is 6.59. The van der Waals surface area contributed by atoms with Gasteiger partial charge in [-0.1, -0.05) is 54.3 Å². The summed E-state index contributed by atoms with van der Waals surface area (Å²) in [6.45, 7) is 2.10. The fraction of sp³-hybridized carbons (Fsp3) is 0.150. The molecule has 0 aliphatic carbocycles. The van der Waals surface area contributed by atoms with Crippen molar-refractivity contribution < 1.29 is 4.39 Å². The molecule has 28 heavy (non-hydrogen) atoms. The number of benzene rings is 2. The zero-order valence-corrected chi connectivity index (χ0v) is 17.4. The van der Waals surface area contributed by atoms with Gasteiger partial charge in [0.25, 0.3) is 5.56 Å². The average Bonchev–Trinajstić information content (AvgIpc) is 3.03. The summed E-state index contributed by atoms with van der Waals surface area (Å²) in [5.41, 5.74) is 3.26. The van der Waals surface area contributed by atoms with E-state index in [1.807, 2.05) is 34.9 Å². The topological polar surface area (TPSA) is 50.7 Å². The molecule has 0 atom stereocenters. The summed E-state index contributed by atoms with van der Waals surface area (Å²) in [5, 5.41) is 0.480. The van der Waals surface area contributed by atoms with Crippen molar-refractivity contribution in [1.82, 2.24) is 14.5 Å². The molecular formula is C20H16FN3OS3. The van der Waals surface area contributed by atoms with Gasteiger partial charge in [-0.2, -0.15) is 0 Å². The molecule has 0 spiro atoms. The summed E-state index contributed by atoms with van der Waals surface area (Å²) in [6.07, 6.45) is 0.953. The Morgan fingerprint density at radius 2 is 2.00 bits per heavy atom. The molecule has 1 N–H and O–H groups in total. The van der Waals surface area contributed by atoms with Crippen LogP contribution in [0.25, 0.3) is 16.0 Å². The van der Waals surface area contributed by atoms with Crippen molar-refractivity contribution in [2.45, 2.75) is 24.3 Å². The highest BCUT2D eigenvalue weighted by atomic mass is 32.2. The van der Waals surface area contributed by atoms with Gasteiger partial charge >= 0.3 is 0 Å². The molecule has 2 aromatic carbocycles. The summed E-state index contributed by atoms with van der Waals surface area (Å²) >= 11 is 8.10. The van der Waals surface area contributed by atoms with Crippen molar-refractivity contribution in [2.24, 2.45) is 0 Å². The van der Waals surface area contributed by atoms with Crippen LogP contribution in [0.1, 0.15) is 18.1 Å². The maximum Gasteiger partial charge on any atom is 0.271 e. The Morgan fingerprint density at radius 3 is 2.71 bits per heavy atom. The van der Waals surface area contributed by atoms with Gasteiger partial charge in [-0.05, 0) is 54.0 Å². The molecule has 0 fully saturated rings. The second kappa shape index (κ2) is 7.98. The van der Waals surface area contributed by atoms with Gasteiger partial charge in [-0.15, -0.1) is 0 Å². The number of hydrogen-bond donors (Lipinski definition) is 1. The summed E-state index contributed by atoms with van der Waals surface area (Å²) in [5.74, 6) is 0.222. The van der Waals surface area contributed by atoms with E-state index in [4.69, 9.17) is 12.2 Å². The quantitative estimate of drug-likeness (QED) is 0.259. The van der Waals surface area contributed by atoms with Crippen molar-refractivity contribution >= 4 is 45.7 Å². The van der Waals surface area contributed by atoms with E-state index in [-0.39, 0.29) is 11.4 Å². The lowest BCUT2D eigenvalue weighted by molar-refractivity contribution is 0.626. The van der Waals surface area contributed by atoms with Crippen LogP contribution in [0.15, 0.2) is 58.5 Å². The van der Waals surface area contributed by atoms with Crippen LogP contribution in [0.3, 0.4) is 0 Å². The number of rotatable bonds is 5. The zero-order valence-electron chi connectivity index (χ0n) is 14.9. The van der Waals surface area contributed by atoms with Gasteiger partial charge < -0.3 is 4.98 Å². The monoisotopic (exact) mass is 429 g/mol. The predicted molar refractivity (Wildman–Crippen MR) is 116 cm³/mol. The Bertz CT molecular complexity index is 1260. The summed E-state index contributed by atoms with van der Waals surface area (Å²) in [6, 6.07) is 14.5. The molecule has 0 saturated carbocycles. The Morgan fingerprint density at radius 1 is 1.21 bits per heavy atom. The molecule has 8 heteroatoms. The molecule has 0 aliphatic rings. The number of aryl methyl sites for hydroxylation is 1. The van der Waals surface area contributed by atoms with Crippen molar-refractivity contribution in [3.05, 3.63) is 79.8 Å². The van der Waals surface area contributed by atoms with Crippen molar-refractivity contribution in [3.8, 4) is 5.69 Å². The predicted octanol–water partition coefficient (Wildman–Crippen LogP) is 5.50. The molecule has 0 unspecified atom stereocenters. The number of H-pyrrole nitrogens is 1.